The molecule has 0 spiro atoms. The van der Waals surface area contributed by atoms with Gasteiger partial charge in [-0.2, -0.15) is 8.78 Å². The van der Waals surface area contributed by atoms with Crippen LogP contribution < -0.4 is 20.7 Å². The molecule has 0 unspecified atom stereocenters. The van der Waals surface area contributed by atoms with Gasteiger partial charge in [0.1, 0.15) is 5.75 Å². The lowest BCUT2D eigenvalue weighted by Gasteiger charge is -2.14. The molecule has 6 nitrogen and oxygen atoms in total. The summed E-state index contributed by atoms with van der Waals surface area (Å²) >= 11 is 11.9. The van der Waals surface area contributed by atoms with E-state index in [2.05, 4.69) is 25.7 Å². The molecular weight excluding hydrogens is 528 g/mol. The molecule has 0 radical (unpaired) electrons. The predicted octanol–water partition coefficient (Wildman–Crippen LogP) is 4.04. The molecule has 1 amide bonds. The van der Waals surface area contributed by atoms with Gasteiger partial charge < -0.3 is 20.7 Å². The SMILES string of the molecule is CCNC(=NCc1cc(Cl)cc(Cl)c1OC(F)F)NCCNC(=O)C(C)C.I. The largest absolute Gasteiger partial charge is 0.433 e. The summed E-state index contributed by atoms with van der Waals surface area (Å²) in [6.45, 7) is 3.98. The summed E-state index contributed by atoms with van der Waals surface area (Å²) in [7, 11) is 0. The van der Waals surface area contributed by atoms with Crippen molar-refractivity contribution in [1.29, 1.82) is 0 Å². The summed E-state index contributed by atoms with van der Waals surface area (Å²) in [6, 6.07) is 2.80. The number of guanidine groups is 1. The standard InChI is InChI=1S/C17H24Cl2F2N4O2.HI/c1-4-22-17(24-6-5-23-15(26)10(2)3)25-9-11-7-12(18)8-13(19)14(11)27-16(20)21;/h7-8,10,16H,4-6,9H2,1-3H3,(H,23,26)(H2,22,24,25);1H. The summed E-state index contributed by atoms with van der Waals surface area (Å²) in [6.07, 6.45) is 0. The fourth-order valence-electron chi connectivity index (χ4n) is 2.03. The number of amides is 1. The van der Waals surface area contributed by atoms with Crippen molar-refractivity contribution in [2.75, 3.05) is 19.6 Å². The number of halogens is 5. The van der Waals surface area contributed by atoms with E-state index in [9.17, 15) is 13.6 Å². The van der Waals surface area contributed by atoms with Gasteiger partial charge in [0.15, 0.2) is 5.96 Å². The Bertz CT molecular complexity index is 664. The van der Waals surface area contributed by atoms with Crippen molar-refractivity contribution in [3.8, 4) is 5.75 Å². The zero-order valence-corrected chi connectivity index (χ0v) is 19.7. The Labute approximate surface area is 190 Å². The second-order valence-electron chi connectivity index (χ2n) is 5.82. The summed E-state index contributed by atoms with van der Waals surface area (Å²) in [5, 5.41) is 9.13. The topological polar surface area (TPSA) is 74.8 Å². The molecule has 0 saturated carbocycles. The van der Waals surface area contributed by atoms with Crippen LogP contribution in [0.2, 0.25) is 10.0 Å². The van der Waals surface area contributed by atoms with E-state index in [-0.39, 0.29) is 53.1 Å². The van der Waals surface area contributed by atoms with Crippen molar-refractivity contribution in [1.82, 2.24) is 16.0 Å². The number of nitrogens with zero attached hydrogens (tertiary/aromatic N) is 1. The average Bonchev–Trinajstić information content (AvgIpc) is 2.58. The minimum Gasteiger partial charge on any atom is -0.433 e. The van der Waals surface area contributed by atoms with Gasteiger partial charge in [-0.1, -0.05) is 37.0 Å². The van der Waals surface area contributed by atoms with Crippen LogP contribution in [-0.2, 0) is 11.3 Å². The Balaban J connectivity index is 0.00000729. The van der Waals surface area contributed by atoms with Crippen LogP contribution in [0.3, 0.4) is 0 Å². The quantitative estimate of drug-likeness (QED) is 0.187. The highest BCUT2D eigenvalue weighted by Gasteiger charge is 2.15. The van der Waals surface area contributed by atoms with Gasteiger partial charge in [-0.05, 0) is 19.1 Å². The molecule has 0 aromatic heterocycles. The first kappa shape index (κ1) is 26.9. The molecule has 0 aliphatic rings. The number of hydrogen-bond donors (Lipinski definition) is 3. The van der Waals surface area contributed by atoms with Gasteiger partial charge in [0, 0.05) is 36.1 Å². The smallest absolute Gasteiger partial charge is 0.387 e. The third-order valence-corrected chi connectivity index (χ3v) is 3.78. The molecule has 1 rings (SSSR count). The van der Waals surface area contributed by atoms with Crippen LogP contribution in [0.5, 0.6) is 5.75 Å². The Morgan fingerprint density at radius 2 is 1.82 bits per heavy atom. The van der Waals surface area contributed by atoms with E-state index in [1.54, 1.807) is 0 Å². The molecule has 160 valence electrons. The van der Waals surface area contributed by atoms with Crippen LogP contribution in [0.1, 0.15) is 26.3 Å². The summed E-state index contributed by atoms with van der Waals surface area (Å²) < 4.78 is 29.7. The molecule has 0 aliphatic heterocycles. The molecule has 11 heteroatoms. The number of nitrogens with one attached hydrogen (secondary N) is 3. The molecule has 0 heterocycles. The highest BCUT2D eigenvalue weighted by molar-refractivity contribution is 14.0. The molecule has 1 aromatic carbocycles. The average molecular weight is 553 g/mol. The van der Waals surface area contributed by atoms with Crippen LogP contribution >= 0.6 is 47.2 Å². The van der Waals surface area contributed by atoms with Crippen molar-refractivity contribution < 1.29 is 18.3 Å². The van der Waals surface area contributed by atoms with Gasteiger partial charge in [-0.15, -0.1) is 24.0 Å². The molecule has 0 fully saturated rings. The van der Waals surface area contributed by atoms with E-state index in [1.165, 1.54) is 12.1 Å². The lowest BCUT2D eigenvalue weighted by atomic mass is 10.2. The normalized spacial score (nSPS) is 11.2. The Morgan fingerprint density at radius 3 is 2.39 bits per heavy atom. The first-order chi connectivity index (χ1) is 12.7. The maximum atomic E-state index is 12.6. The van der Waals surface area contributed by atoms with Gasteiger partial charge >= 0.3 is 6.61 Å². The zero-order chi connectivity index (χ0) is 20.4. The first-order valence-electron chi connectivity index (χ1n) is 8.47. The van der Waals surface area contributed by atoms with E-state index in [1.807, 2.05) is 20.8 Å². The third-order valence-electron chi connectivity index (χ3n) is 3.29. The van der Waals surface area contributed by atoms with E-state index >= 15 is 0 Å². The molecule has 3 N–H and O–H groups in total. The fraction of sp³-hybridized carbons (Fsp3) is 0.529. The van der Waals surface area contributed by atoms with E-state index < -0.39 is 6.61 Å². The van der Waals surface area contributed by atoms with Crippen molar-refractivity contribution in [2.45, 2.75) is 33.9 Å². The number of benzene rings is 1. The van der Waals surface area contributed by atoms with Gasteiger partial charge in [0.05, 0.1) is 11.6 Å². The number of rotatable bonds is 9. The Hall–Kier alpha value is -1.07. The molecular formula is C17H25Cl2F2IN4O2. The van der Waals surface area contributed by atoms with Crippen molar-refractivity contribution in [3.63, 3.8) is 0 Å². The highest BCUT2D eigenvalue weighted by Crippen LogP contribution is 2.34. The Morgan fingerprint density at radius 1 is 1.18 bits per heavy atom. The van der Waals surface area contributed by atoms with Gasteiger partial charge in [-0.25, -0.2) is 4.99 Å². The highest BCUT2D eigenvalue weighted by atomic mass is 127. The van der Waals surface area contributed by atoms with Crippen LogP contribution in [0.4, 0.5) is 8.78 Å². The predicted molar refractivity (Wildman–Crippen MR) is 119 cm³/mol. The molecule has 0 saturated heterocycles. The monoisotopic (exact) mass is 552 g/mol. The van der Waals surface area contributed by atoms with Crippen LogP contribution in [0.25, 0.3) is 0 Å². The molecule has 28 heavy (non-hydrogen) atoms. The summed E-state index contributed by atoms with van der Waals surface area (Å²) in [5.74, 6) is 0.170. The zero-order valence-electron chi connectivity index (χ0n) is 15.8. The minimum atomic E-state index is -3.01. The van der Waals surface area contributed by atoms with Crippen LogP contribution in [0.15, 0.2) is 17.1 Å². The van der Waals surface area contributed by atoms with Crippen molar-refractivity contribution in [2.24, 2.45) is 10.9 Å². The van der Waals surface area contributed by atoms with Crippen molar-refractivity contribution >= 4 is 59.0 Å². The summed E-state index contributed by atoms with van der Waals surface area (Å²) in [5.41, 5.74) is 0.332. The number of ether oxygens (including phenoxy) is 1. The van der Waals surface area contributed by atoms with Gasteiger partial charge in [-0.3, -0.25) is 4.79 Å². The number of carbonyl (C=O) groups is 1. The molecule has 0 atom stereocenters. The van der Waals surface area contributed by atoms with Crippen LogP contribution in [0, 0.1) is 5.92 Å². The lowest BCUT2D eigenvalue weighted by molar-refractivity contribution is -0.123. The fourth-order valence-corrected chi connectivity index (χ4v) is 2.61. The summed E-state index contributed by atoms with van der Waals surface area (Å²) in [4.78, 5) is 15.9. The molecule has 0 aliphatic carbocycles. The second kappa shape index (κ2) is 14.0. The van der Waals surface area contributed by atoms with E-state index in [4.69, 9.17) is 23.2 Å². The number of hydrogen-bond acceptors (Lipinski definition) is 3. The number of alkyl halides is 2. The van der Waals surface area contributed by atoms with Gasteiger partial charge in [0.2, 0.25) is 5.91 Å². The lowest BCUT2D eigenvalue weighted by Crippen LogP contribution is -2.42. The minimum absolute atomic E-state index is 0. The third kappa shape index (κ3) is 9.92. The molecule has 1 aromatic rings. The van der Waals surface area contributed by atoms with E-state index in [0.717, 1.165) is 0 Å². The van der Waals surface area contributed by atoms with E-state index in [0.29, 0.717) is 36.2 Å². The second-order valence-corrected chi connectivity index (χ2v) is 6.67. The first-order valence-corrected chi connectivity index (χ1v) is 9.22. The van der Waals surface area contributed by atoms with Crippen LogP contribution in [-0.4, -0.2) is 38.1 Å². The maximum Gasteiger partial charge on any atom is 0.387 e. The van der Waals surface area contributed by atoms with Gasteiger partial charge in [0.25, 0.3) is 0 Å². The molecule has 0 bridgehead atoms. The number of carbonyl (C=O) groups excluding carboxylic acids is 1. The Kier molecular flexibility index (Phi) is 13.5. The maximum absolute atomic E-state index is 12.6. The van der Waals surface area contributed by atoms with Crippen molar-refractivity contribution in [3.05, 3.63) is 27.7 Å². The number of aliphatic imine (C=N–C) groups is 1.